The van der Waals surface area contributed by atoms with Crippen LogP contribution in [0.4, 0.5) is 0 Å². The van der Waals surface area contributed by atoms with Gasteiger partial charge in [-0.2, -0.15) is 0 Å². The van der Waals surface area contributed by atoms with Gasteiger partial charge >= 0.3 is 0 Å². The molecular formula is C32H21N3. The lowest BCUT2D eigenvalue weighted by atomic mass is 9.93. The molecule has 7 rings (SSSR count). The second kappa shape index (κ2) is 7.71. The first-order valence-corrected chi connectivity index (χ1v) is 11.8. The van der Waals surface area contributed by atoms with Gasteiger partial charge in [0, 0.05) is 38.2 Å². The van der Waals surface area contributed by atoms with Gasteiger partial charge in [0.05, 0.1) is 22.4 Å². The highest BCUT2D eigenvalue weighted by atomic mass is 14.9. The Hall–Kier alpha value is -4.63. The average molecular weight is 448 g/mol. The van der Waals surface area contributed by atoms with Gasteiger partial charge in [-0.05, 0) is 36.8 Å². The van der Waals surface area contributed by atoms with Crippen LogP contribution in [0.15, 0.2) is 109 Å². The van der Waals surface area contributed by atoms with E-state index in [0.29, 0.717) is 0 Å². The van der Waals surface area contributed by atoms with Crippen molar-refractivity contribution in [1.29, 1.82) is 0 Å². The van der Waals surface area contributed by atoms with Gasteiger partial charge in [0.2, 0.25) is 0 Å². The number of pyridine rings is 1. The lowest BCUT2D eigenvalue weighted by Gasteiger charge is -2.17. The van der Waals surface area contributed by atoms with Crippen molar-refractivity contribution in [3.8, 4) is 33.9 Å². The highest BCUT2D eigenvalue weighted by molar-refractivity contribution is 6.26. The topological polar surface area (TPSA) is 38.7 Å². The molecule has 0 aliphatic heterocycles. The Morgan fingerprint density at radius 1 is 0.457 bits per heavy atom. The third kappa shape index (κ3) is 3.09. The van der Waals surface area contributed by atoms with E-state index in [1.807, 2.05) is 24.3 Å². The Bertz CT molecular complexity index is 1730. The van der Waals surface area contributed by atoms with Crippen LogP contribution in [-0.2, 0) is 0 Å². The van der Waals surface area contributed by atoms with E-state index < -0.39 is 0 Å². The predicted octanol–water partition coefficient (Wildman–Crippen LogP) is 8.08. The molecule has 5 aromatic carbocycles. The average Bonchev–Trinajstić information content (AvgIpc) is 2.92. The van der Waals surface area contributed by atoms with Crippen LogP contribution in [-0.4, -0.2) is 15.0 Å². The zero-order valence-electron chi connectivity index (χ0n) is 19.2. The Kier molecular flexibility index (Phi) is 4.36. The second-order valence-corrected chi connectivity index (χ2v) is 8.92. The van der Waals surface area contributed by atoms with Crippen LogP contribution < -0.4 is 0 Å². The largest absolute Gasteiger partial charge is 0.246 e. The molecule has 0 spiro atoms. The van der Waals surface area contributed by atoms with Crippen molar-refractivity contribution in [2.45, 2.75) is 6.92 Å². The third-order valence-corrected chi connectivity index (χ3v) is 6.78. The molecule has 0 fully saturated rings. The number of nitrogens with zero attached hydrogens (tertiary/aromatic N) is 3. The summed E-state index contributed by atoms with van der Waals surface area (Å²) < 4.78 is 0. The molecule has 35 heavy (non-hydrogen) atoms. The summed E-state index contributed by atoms with van der Waals surface area (Å²) >= 11 is 0. The maximum Gasteiger partial charge on any atom is 0.160 e. The van der Waals surface area contributed by atoms with Crippen molar-refractivity contribution >= 4 is 32.6 Å². The fourth-order valence-corrected chi connectivity index (χ4v) is 5.10. The monoisotopic (exact) mass is 447 g/mol. The van der Waals surface area contributed by atoms with E-state index in [1.165, 1.54) is 10.9 Å². The Labute approximate surface area is 203 Å². The van der Waals surface area contributed by atoms with Crippen LogP contribution >= 0.6 is 0 Å². The van der Waals surface area contributed by atoms with Gasteiger partial charge in [0.15, 0.2) is 5.82 Å². The van der Waals surface area contributed by atoms with Crippen LogP contribution in [0, 0.1) is 6.92 Å². The molecule has 2 heterocycles. The van der Waals surface area contributed by atoms with Crippen LogP contribution in [0.2, 0.25) is 0 Å². The van der Waals surface area contributed by atoms with Crippen LogP contribution in [0.3, 0.4) is 0 Å². The number of aryl methyl sites for hydroxylation is 1. The molecule has 7 aromatic rings. The molecule has 0 N–H and O–H groups in total. The van der Waals surface area contributed by atoms with Gasteiger partial charge in [-0.1, -0.05) is 84.9 Å². The Balaban J connectivity index is 1.62. The van der Waals surface area contributed by atoms with Gasteiger partial charge < -0.3 is 0 Å². The van der Waals surface area contributed by atoms with E-state index >= 15 is 0 Å². The van der Waals surface area contributed by atoms with Crippen molar-refractivity contribution in [2.24, 2.45) is 0 Å². The summed E-state index contributed by atoms with van der Waals surface area (Å²) in [6, 6.07) is 37.7. The lowest BCUT2D eigenvalue weighted by Crippen LogP contribution is -1.98. The van der Waals surface area contributed by atoms with Gasteiger partial charge in [-0.25, -0.2) is 15.0 Å². The zero-order valence-corrected chi connectivity index (χ0v) is 19.2. The van der Waals surface area contributed by atoms with Crippen molar-refractivity contribution in [2.75, 3.05) is 0 Å². The quantitative estimate of drug-likeness (QED) is 0.257. The number of hydrogen-bond acceptors (Lipinski definition) is 3. The molecule has 0 radical (unpaired) electrons. The number of rotatable bonds is 3. The first-order chi connectivity index (χ1) is 17.3. The van der Waals surface area contributed by atoms with Crippen LogP contribution in [0.1, 0.15) is 5.56 Å². The minimum Gasteiger partial charge on any atom is -0.246 e. The standard InChI is InChI=1S/C32H21N3/c1-20-10-8-9-15-23(20)32-33-26-18-16-24-28-25(17-19-27(34-32)29(26)28)31(22-13-6-3-7-14-22)35-30(24)21-11-4-2-5-12-21/h2-19H,1H3. The zero-order chi connectivity index (χ0) is 23.4. The molecule has 0 atom stereocenters. The van der Waals surface area contributed by atoms with Gasteiger partial charge in [-0.3, -0.25) is 0 Å². The van der Waals surface area contributed by atoms with Crippen molar-refractivity contribution in [1.82, 2.24) is 15.0 Å². The van der Waals surface area contributed by atoms with Gasteiger partial charge in [0.25, 0.3) is 0 Å². The Morgan fingerprint density at radius 2 is 0.971 bits per heavy atom. The van der Waals surface area contributed by atoms with Crippen LogP contribution in [0.5, 0.6) is 0 Å². The van der Waals surface area contributed by atoms with E-state index in [-0.39, 0.29) is 0 Å². The highest BCUT2D eigenvalue weighted by Gasteiger charge is 2.19. The maximum atomic E-state index is 5.23. The lowest BCUT2D eigenvalue weighted by molar-refractivity contribution is 1.25. The summed E-state index contributed by atoms with van der Waals surface area (Å²) in [5.74, 6) is 0.763. The van der Waals surface area contributed by atoms with Crippen molar-refractivity contribution < 1.29 is 0 Å². The molecule has 3 heteroatoms. The van der Waals surface area contributed by atoms with Crippen molar-refractivity contribution in [3.05, 3.63) is 115 Å². The molecule has 0 amide bonds. The minimum absolute atomic E-state index is 0.763. The van der Waals surface area contributed by atoms with E-state index in [2.05, 4.69) is 91.9 Å². The maximum absolute atomic E-state index is 5.23. The summed E-state index contributed by atoms with van der Waals surface area (Å²) in [6.07, 6.45) is 0. The molecule has 0 aliphatic carbocycles. The Morgan fingerprint density at radius 3 is 1.51 bits per heavy atom. The fraction of sp³-hybridized carbons (Fsp3) is 0.0312. The van der Waals surface area contributed by atoms with E-state index in [0.717, 1.165) is 61.1 Å². The summed E-state index contributed by atoms with van der Waals surface area (Å²) in [5, 5.41) is 4.51. The van der Waals surface area contributed by atoms with E-state index in [4.69, 9.17) is 15.0 Å². The summed E-state index contributed by atoms with van der Waals surface area (Å²) in [4.78, 5) is 15.3. The SMILES string of the molecule is Cc1ccccc1-c1nc2ccc3c(-c4ccccc4)nc(-c4ccccc4)c4ccc(n1)c2c34. The van der Waals surface area contributed by atoms with E-state index in [9.17, 15) is 0 Å². The normalized spacial score (nSPS) is 11.6. The second-order valence-electron chi connectivity index (χ2n) is 8.92. The van der Waals surface area contributed by atoms with Crippen LogP contribution in [0.25, 0.3) is 66.5 Å². The molecule has 164 valence electrons. The van der Waals surface area contributed by atoms with Crippen molar-refractivity contribution in [3.63, 3.8) is 0 Å². The molecule has 0 bridgehead atoms. The third-order valence-electron chi connectivity index (χ3n) is 6.78. The van der Waals surface area contributed by atoms with Gasteiger partial charge in [-0.15, -0.1) is 0 Å². The summed E-state index contributed by atoms with van der Waals surface area (Å²) in [6.45, 7) is 2.10. The molecule has 3 nitrogen and oxygen atoms in total. The molecule has 0 saturated heterocycles. The number of hydrogen-bond donors (Lipinski definition) is 0. The number of aromatic nitrogens is 3. The molecule has 0 saturated carbocycles. The number of benzene rings is 5. The molecular weight excluding hydrogens is 426 g/mol. The predicted molar refractivity (Wildman–Crippen MR) is 145 cm³/mol. The molecule has 0 unspecified atom stereocenters. The first-order valence-electron chi connectivity index (χ1n) is 11.8. The summed E-state index contributed by atoms with van der Waals surface area (Å²) in [7, 11) is 0. The fourth-order valence-electron chi connectivity index (χ4n) is 5.10. The van der Waals surface area contributed by atoms with Gasteiger partial charge in [0.1, 0.15) is 0 Å². The first kappa shape index (κ1) is 19.8. The highest BCUT2D eigenvalue weighted by Crippen LogP contribution is 2.41. The molecule has 0 aliphatic rings. The summed E-state index contributed by atoms with van der Waals surface area (Å²) in [5.41, 5.74) is 8.31. The smallest absolute Gasteiger partial charge is 0.160 e. The molecule has 2 aromatic heterocycles. The van der Waals surface area contributed by atoms with E-state index in [1.54, 1.807) is 0 Å². The minimum atomic E-state index is 0.763.